The van der Waals surface area contributed by atoms with E-state index in [-0.39, 0.29) is 12.5 Å². The van der Waals surface area contributed by atoms with E-state index in [1.165, 1.54) is 17.2 Å². The van der Waals surface area contributed by atoms with E-state index in [9.17, 15) is 19.1 Å². The first kappa shape index (κ1) is 22.1. The molecule has 0 spiro atoms. The zero-order valence-electron chi connectivity index (χ0n) is 16.5. The van der Waals surface area contributed by atoms with Crippen LogP contribution in [0.1, 0.15) is 26.7 Å². The fourth-order valence-electron chi connectivity index (χ4n) is 3.24. The Kier molecular flexibility index (Phi) is 7.52. The fourth-order valence-corrected chi connectivity index (χ4v) is 3.24. The second kappa shape index (κ2) is 9.86. The topological polar surface area (TPSA) is 88.4 Å². The maximum atomic E-state index is 12.9. The maximum Gasteiger partial charge on any atom is 0.347 e. The number of allylic oxidation sites excluding steroid dienone is 4. The first-order chi connectivity index (χ1) is 13.9. The van der Waals surface area contributed by atoms with Gasteiger partial charge in [-0.15, -0.1) is 6.58 Å². The molecule has 0 radical (unpaired) electrons. The average molecular weight is 404 g/mol. The van der Waals surface area contributed by atoms with Crippen molar-refractivity contribution in [1.29, 1.82) is 0 Å². The second-order valence-electron chi connectivity index (χ2n) is 6.54. The van der Waals surface area contributed by atoms with E-state index in [1.54, 1.807) is 26.0 Å². The van der Waals surface area contributed by atoms with Gasteiger partial charge in [0.15, 0.2) is 5.57 Å². The van der Waals surface area contributed by atoms with Crippen LogP contribution in [0.3, 0.4) is 0 Å². The second-order valence-corrected chi connectivity index (χ2v) is 6.54. The molecule has 1 N–H and O–H groups in total. The Hall–Kier alpha value is -3.16. The lowest BCUT2D eigenvalue weighted by Gasteiger charge is -2.41. The molecular formula is C21H25FN2O5. The zero-order valence-corrected chi connectivity index (χ0v) is 16.5. The number of amides is 1. The summed E-state index contributed by atoms with van der Waals surface area (Å²) in [4.78, 5) is 30.3. The summed E-state index contributed by atoms with van der Waals surface area (Å²) in [5, 5.41) is 10.6. The van der Waals surface area contributed by atoms with Crippen LogP contribution in [0.25, 0.3) is 0 Å². The number of halogens is 1. The standard InChI is InChI=1S/C21H25FN2O5/c1-5-14(8-7-11-22)9-10-15-18-17(23-4)19(25)16(21(27)28-6-2)20(26)24(18)12-13(3)29-15/h5,7,10-12,14,17-18,25H,1,4,6,8-9H2,2-3H3/b11-7+,15-10-. The summed E-state index contributed by atoms with van der Waals surface area (Å²) in [6.45, 7) is 10.6. The number of fused-ring (bicyclic) bond motifs is 1. The molecule has 156 valence electrons. The molecule has 29 heavy (non-hydrogen) atoms. The van der Waals surface area contributed by atoms with Gasteiger partial charge in [-0.05, 0) is 45.4 Å². The number of carbonyl (C=O) groups is 2. The predicted molar refractivity (Wildman–Crippen MR) is 106 cm³/mol. The van der Waals surface area contributed by atoms with Crippen molar-refractivity contribution in [2.24, 2.45) is 10.9 Å². The lowest BCUT2D eigenvalue weighted by atomic mass is 9.91. The van der Waals surface area contributed by atoms with Crippen LogP contribution in [-0.4, -0.2) is 47.3 Å². The highest BCUT2D eigenvalue weighted by atomic mass is 19.1. The Labute approximate surface area is 169 Å². The molecule has 1 amide bonds. The molecule has 0 aromatic rings. The van der Waals surface area contributed by atoms with E-state index in [2.05, 4.69) is 18.3 Å². The molecule has 0 aromatic carbocycles. The highest BCUT2D eigenvalue weighted by molar-refractivity contribution is 6.18. The van der Waals surface area contributed by atoms with Gasteiger partial charge in [-0.3, -0.25) is 14.7 Å². The summed E-state index contributed by atoms with van der Waals surface area (Å²) >= 11 is 0. The van der Waals surface area contributed by atoms with Crippen molar-refractivity contribution in [2.75, 3.05) is 6.61 Å². The van der Waals surface area contributed by atoms with Gasteiger partial charge in [-0.2, -0.15) is 0 Å². The fraction of sp³-hybridized carbons (Fsp3) is 0.381. The van der Waals surface area contributed by atoms with Crippen LogP contribution in [0, 0.1) is 5.92 Å². The predicted octanol–water partition coefficient (Wildman–Crippen LogP) is 3.48. The number of hydrogen-bond donors (Lipinski definition) is 1. The Bertz CT molecular complexity index is 812. The van der Waals surface area contributed by atoms with E-state index < -0.39 is 35.3 Å². The van der Waals surface area contributed by atoms with Crippen molar-refractivity contribution in [3.63, 3.8) is 0 Å². The number of carbonyl (C=O) groups excluding carboxylic acids is 2. The first-order valence-electron chi connectivity index (χ1n) is 9.22. The molecule has 3 atom stereocenters. The molecule has 0 saturated carbocycles. The van der Waals surface area contributed by atoms with Crippen molar-refractivity contribution in [1.82, 2.24) is 4.90 Å². The Morgan fingerprint density at radius 2 is 2.24 bits per heavy atom. The smallest absolute Gasteiger partial charge is 0.347 e. The molecule has 0 aliphatic carbocycles. The van der Waals surface area contributed by atoms with Gasteiger partial charge in [-0.1, -0.05) is 12.2 Å². The van der Waals surface area contributed by atoms with Gasteiger partial charge in [0, 0.05) is 6.20 Å². The normalized spacial score (nSPS) is 24.1. The monoisotopic (exact) mass is 404 g/mol. The van der Waals surface area contributed by atoms with Crippen LogP contribution in [0.4, 0.5) is 4.39 Å². The lowest BCUT2D eigenvalue weighted by molar-refractivity contribution is -0.143. The number of esters is 1. The number of rotatable bonds is 8. The Morgan fingerprint density at radius 3 is 2.83 bits per heavy atom. The minimum atomic E-state index is -1.00. The summed E-state index contributed by atoms with van der Waals surface area (Å²) in [7, 11) is 0. The minimum absolute atomic E-state index is 0.0496. The Balaban J connectivity index is 2.45. The van der Waals surface area contributed by atoms with Gasteiger partial charge >= 0.3 is 5.97 Å². The third-order valence-electron chi connectivity index (χ3n) is 4.63. The molecule has 0 bridgehead atoms. The third kappa shape index (κ3) is 4.64. The number of aliphatic hydroxyl groups is 1. The van der Waals surface area contributed by atoms with E-state index in [0.29, 0.717) is 30.7 Å². The number of hydrogen-bond acceptors (Lipinski definition) is 6. The first-order valence-corrected chi connectivity index (χ1v) is 9.22. The number of nitrogens with zero attached hydrogens (tertiary/aromatic N) is 2. The van der Waals surface area contributed by atoms with Crippen LogP contribution in [0.5, 0.6) is 0 Å². The van der Waals surface area contributed by atoms with Gasteiger partial charge in [-0.25, -0.2) is 9.18 Å². The lowest BCUT2D eigenvalue weighted by Crippen LogP contribution is -2.53. The molecule has 0 fully saturated rings. The van der Waals surface area contributed by atoms with Gasteiger partial charge in [0.1, 0.15) is 29.4 Å². The highest BCUT2D eigenvalue weighted by Crippen LogP contribution is 2.36. The molecule has 0 saturated heterocycles. The minimum Gasteiger partial charge on any atom is -0.509 e. The van der Waals surface area contributed by atoms with Crippen molar-refractivity contribution < 1.29 is 28.6 Å². The van der Waals surface area contributed by atoms with Crippen molar-refractivity contribution >= 4 is 18.6 Å². The van der Waals surface area contributed by atoms with E-state index in [0.717, 1.165) is 0 Å². The van der Waals surface area contributed by atoms with Crippen LogP contribution < -0.4 is 0 Å². The van der Waals surface area contributed by atoms with Crippen LogP contribution >= 0.6 is 0 Å². The van der Waals surface area contributed by atoms with Gasteiger partial charge in [0.2, 0.25) is 0 Å². The summed E-state index contributed by atoms with van der Waals surface area (Å²) in [6, 6.07) is -1.81. The molecule has 7 nitrogen and oxygen atoms in total. The van der Waals surface area contributed by atoms with Gasteiger partial charge in [0.25, 0.3) is 5.91 Å². The van der Waals surface area contributed by atoms with E-state index >= 15 is 0 Å². The van der Waals surface area contributed by atoms with Crippen molar-refractivity contribution in [3.8, 4) is 0 Å². The number of aliphatic hydroxyl groups excluding tert-OH is 1. The van der Waals surface area contributed by atoms with E-state index in [4.69, 9.17) is 9.47 Å². The van der Waals surface area contributed by atoms with Crippen LogP contribution in [-0.2, 0) is 19.1 Å². The molecule has 2 aliphatic rings. The van der Waals surface area contributed by atoms with E-state index in [1.807, 2.05) is 0 Å². The quantitative estimate of drug-likeness (QED) is 0.290. The molecule has 2 rings (SSSR count). The molecule has 8 heteroatoms. The number of ether oxygens (including phenoxy) is 2. The number of aliphatic imine (C=N–C) groups is 1. The maximum absolute atomic E-state index is 12.9. The molecule has 2 aliphatic heterocycles. The zero-order chi connectivity index (χ0) is 21.6. The average Bonchev–Trinajstić information content (AvgIpc) is 2.69. The largest absolute Gasteiger partial charge is 0.509 e. The van der Waals surface area contributed by atoms with Crippen LogP contribution in [0.2, 0.25) is 0 Å². The highest BCUT2D eigenvalue weighted by Gasteiger charge is 2.48. The SMILES string of the molecule is C=CC(C/C=C1\OC(C)=CN2C(=O)C(C(=O)OCC)=C(O)C(N=C)C12)C/C=C/F. The molecule has 2 heterocycles. The summed E-state index contributed by atoms with van der Waals surface area (Å²) < 4.78 is 23.0. The molecule has 3 unspecified atom stereocenters. The molecular weight excluding hydrogens is 379 g/mol. The Morgan fingerprint density at radius 1 is 1.52 bits per heavy atom. The van der Waals surface area contributed by atoms with Crippen molar-refractivity contribution in [3.05, 3.63) is 60.2 Å². The van der Waals surface area contributed by atoms with Crippen LogP contribution in [0.15, 0.2) is 65.2 Å². The third-order valence-corrected chi connectivity index (χ3v) is 4.63. The van der Waals surface area contributed by atoms with Gasteiger partial charge < -0.3 is 14.6 Å². The summed E-state index contributed by atoms with van der Waals surface area (Å²) in [5.74, 6) is -1.39. The molecule has 0 aromatic heterocycles. The summed E-state index contributed by atoms with van der Waals surface area (Å²) in [5.41, 5.74) is -0.470. The van der Waals surface area contributed by atoms with Crippen molar-refractivity contribution in [2.45, 2.75) is 38.8 Å². The van der Waals surface area contributed by atoms with Gasteiger partial charge in [0.05, 0.1) is 12.9 Å². The summed E-state index contributed by atoms with van der Waals surface area (Å²) in [6.07, 6.45) is 7.69.